The molecule has 1 aromatic heterocycles. The van der Waals surface area contributed by atoms with Gasteiger partial charge >= 0.3 is 5.97 Å². The minimum atomic E-state index is -0.233. The zero-order valence-corrected chi connectivity index (χ0v) is 13.3. The first-order valence-electron chi connectivity index (χ1n) is 6.89. The number of benzene rings is 1. The molecule has 0 radical (unpaired) electrons. The second kappa shape index (κ2) is 7.18. The zero-order chi connectivity index (χ0) is 15.2. The predicted octanol–water partition coefficient (Wildman–Crippen LogP) is 4.15. The number of carbonyl (C=O) groups excluding carboxylic acids is 1. The van der Waals surface area contributed by atoms with Crippen LogP contribution in [0, 0.1) is 0 Å². The van der Waals surface area contributed by atoms with Crippen LogP contribution in [0.25, 0.3) is 12.2 Å². The van der Waals surface area contributed by atoms with Gasteiger partial charge in [0.1, 0.15) is 0 Å². The second-order valence-corrected chi connectivity index (χ2v) is 6.13. The summed E-state index contributed by atoms with van der Waals surface area (Å²) < 4.78 is 4.76. The number of carbonyl (C=O) groups is 1. The monoisotopic (exact) mass is 301 g/mol. The standard InChI is InChI=1S/C17H19NO2S/c1-12(2)17-18-14(15(21-17)11-16(19)20-3)10-9-13-7-5-4-6-8-13/h4-10,12H,11H2,1-3H3/b10-9+. The molecule has 2 rings (SSSR count). The maximum atomic E-state index is 11.5. The topological polar surface area (TPSA) is 39.2 Å². The third kappa shape index (κ3) is 4.26. The average molecular weight is 301 g/mol. The van der Waals surface area contributed by atoms with Crippen molar-refractivity contribution in [3.63, 3.8) is 0 Å². The van der Waals surface area contributed by atoms with Crippen LogP contribution in [-0.4, -0.2) is 18.1 Å². The van der Waals surface area contributed by atoms with Crippen molar-refractivity contribution in [2.75, 3.05) is 7.11 Å². The molecule has 0 atom stereocenters. The Hall–Kier alpha value is -1.94. The first-order valence-corrected chi connectivity index (χ1v) is 7.71. The maximum Gasteiger partial charge on any atom is 0.310 e. The smallest absolute Gasteiger partial charge is 0.310 e. The molecule has 1 heterocycles. The van der Waals surface area contributed by atoms with Gasteiger partial charge in [-0.1, -0.05) is 50.3 Å². The molecule has 0 unspecified atom stereocenters. The molecular formula is C17H19NO2S. The number of hydrogen-bond donors (Lipinski definition) is 0. The molecule has 0 spiro atoms. The number of methoxy groups -OCH3 is 1. The van der Waals surface area contributed by atoms with Crippen LogP contribution >= 0.6 is 11.3 Å². The van der Waals surface area contributed by atoms with E-state index in [1.54, 1.807) is 11.3 Å². The first kappa shape index (κ1) is 15.4. The number of ether oxygens (including phenoxy) is 1. The Morgan fingerprint density at radius 1 is 1.29 bits per heavy atom. The summed E-state index contributed by atoms with van der Waals surface area (Å²) in [5.74, 6) is 0.119. The summed E-state index contributed by atoms with van der Waals surface area (Å²) in [7, 11) is 1.41. The zero-order valence-electron chi connectivity index (χ0n) is 12.5. The highest BCUT2D eigenvalue weighted by Gasteiger charge is 2.14. The molecule has 0 aliphatic heterocycles. The van der Waals surface area contributed by atoms with Crippen LogP contribution in [0.15, 0.2) is 30.3 Å². The molecule has 1 aromatic carbocycles. The van der Waals surface area contributed by atoms with Crippen molar-refractivity contribution in [1.29, 1.82) is 0 Å². The Labute approximate surface area is 129 Å². The van der Waals surface area contributed by atoms with E-state index in [2.05, 4.69) is 18.8 Å². The first-order chi connectivity index (χ1) is 10.1. The van der Waals surface area contributed by atoms with E-state index in [4.69, 9.17) is 4.74 Å². The van der Waals surface area contributed by atoms with Gasteiger partial charge in [0.25, 0.3) is 0 Å². The molecule has 0 fully saturated rings. The molecule has 0 aliphatic rings. The SMILES string of the molecule is COC(=O)Cc1sc(C(C)C)nc1/C=C/c1ccccc1. The normalized spacial score (nSPS) is 11.2. The van der Waals surface area contributed by atoms with Crippen molar-refractivity contribution in [2.45, 2.75) is 26.2 Å². The van der Waals surface area contributed by atoms with E-state index in [0.717, 1.165) is 21.1 Å². The predicted molar refractivity (Wildman–Crippen MR) is 87.3 cm³/mol. The number of thiazole rings is 1. The van der Waals surface area contributed by atoms with E-state index in [9.17, 15) is 4.79 Å². The third-order valence-electron chi connectivity index (χ3n) is 3.00. The second-order valence-electron chi connectivity index (χ2n) is 5.01. The molecule has 3 nitrogen and oxygen atoms in total. The van der Waals surface area contributed by atoms with Gasteiger partial charge < -0.3 is 4.74 Å². The summed E-state index contributed by atoms with van der Waals surface area (Å²) in [6.07, 6.45) is 4.26. The number of nitrogens with zero attached hydrogens (tertiary/aromatic N) is 1. The lowest BCUT2D eigenvalue weighted by Crippen LogP contribution is -2.03. The van der Waals surface area contributed by atoms with Gasteiger partial charge in [-0.05, 0) is 11.6 Å². The average Bonchev–Trinajstić information content (AvgIpc) is 2.89. The molecule has 0 aliphatic carbocycles. The molecule has 0 saturated carbocycles. The summed E-state index contributed by atoms with van der Waals surface area (Å²) >= 11 is 1.58. The van der Waals surface area contributed by atoms with Gasteiger partial charge in [-0.25, -0.2) is 4.98 Å². The summed E-state index contributed by atoms with van der Waals surface area (Å²) in [6, 6.07) is 10.0. The highest BCUT2D eigenvalue weighted by Crippen LogP contribution is 2.27. The Balaban J connectivity index is 2.28. The van der Waals surface area contributed by atoms with Crippen LogP contribution in [0.5, 0.6) is 0 Å². The van der Waals surface area contributed by atoms with E-state index in [-0.39, 0.29) is 12.4 Å². The van der Waals surface area contributed by atoms with Crippen molar-refractivity contribution >= 4 is 29.5 Å². The quantitative estimate of drug-likeness (QED) is 0.779. The van der Waals surface area contributed by atoms with Crippen LogP contribution in [0.1, 0.15) is 40.9 Å². The minimum absolute atomic E-state index is 0.233. The number of esters is 1. The molecular weight excluding hydrogens is 282 g/mol. The number of rotatable bonds is 5. The largest absolute Gasteiger partial charge is 0.469 e. The number of hydrogen-bond acceptors (Lipinski definition) is 4. The fourth-order valence-corrected chi connectivity index (χ4v) is 2.87. The highest BCUT2D eigenvalue weighted by atomic mass is 32.1. The summed E-state index contributed by atoms with van der Waals surface area (Å²) in [5.41, 5.74) is 1.97. The highest BCUT2D eigenvalue weighted by molar-refractivity contribution is 7.12. The Morgan fingerprint density at radius 3 is 2.62 bits per heavy atom. The van der Waals surface area contributed by atoms with Crippen molar-refractivity contribution in [3.05, 3.63) is 51.5 Å². The van der Waals surface area contributed by atoms with Crippen molar-refractivity contribution in [1.82, 2.24) is 4.98 Å². The molecule has 0 saturated heterocycles. The van der Waals surface area contributed by atoms with E-state index in [1.165, 1.54) is 7.11 Å². The van der Waals surface area contributed by atoms with Crippen LogP contribution < -0.4 is 0 Å². The van der Waals surface area contributed by atoms with E-state index in [0.29, 0.717) is 5.92 Å². The van der Waals surface area contributed by atoms with Crippen LogP contribution in [0.2, 0.25) is 0 Å². The lowest BCUT2D eigenvalue weighted by Gasteiger charge is -1.97. The van der Waals surface area contributed by atoms with E-state index in [1.807, 2.05) is 42.5 Å². The third-order valence-corrected chi connectivity index (χ3v) is 4.38. The molecule has 110 valence electrons. The van der Waals surface area contributed by atoms with Crippen molar-refractivity contribution in [3.8, 4) is 0 Å². The minimum Gasteiger partial charge on any atom is -0.469 e. The molecule has 4 heteroatoms. The Kier molecular flexibility index (Phi) is 5.28. The Bertz CT molecular complexity index is 629. The van der Waals surface area contributed by atoms with Gasteiger partial charge in [-0.2, -0.15) is 0 Å². The van der Waals surface area contributed by atoms with Gasteiger partial charge in [-0.15, -0.1) is 11.3 Å². The van der Waals surface area contributed by atoms with Crippen molar-refractivity contribution in [2.24, 2.45) is 0 Å². The Morgan fingerprint density at radius 2 is 2.00 bits per heavy atom. The van der Waals surface area contributed by atoms with Crippen LogP contribution in [0.4, 0.5) is 0 Å². The number of aromatic nitrogens is 1. The molecule has 21 heavy (non-hydrogen) atoms. The molecule has 0 amide bonds. The fraction of sp³-hybridized carbons (Fsp3) is 0.294. The lowest BCUT2D eigenvalue weighted by atomic mass is 10.2. The van der Waals surface area contributed by atoms with Gasteiger partial charge in [0, 0.05) is 10.8 Å². The van der Waals surface area contributed by atoms with Gasteiger partial charge in [0.15, 0.2) is 0 Å². The fourth-order valence-electron chi connectivity index (χ4n) is 1.83. The van der Waals surface area contributed by atoms with Gasteiger partial charge in [0.05, 0.1) is 24.2 Å². The molecule has 0 N–H and O–H groups in total. The van der Waals surface area contributed by atoms with Crippen molar-refractivity contribution < 1.29 is 9.53 Å². The maximum absolute atomic E-state index is 11.5. The van der Waals surface area contributed by atoms with Crippen LogP contribution in [0.3, 0.4) is 0 Å². The van der Waals surface area contributed by atoms with Gasteiger partial charge in [-0.3, -0.25) is 4.79 Å². The van der Waals surface area contributed by atoms with E-state index >= 15 is 0 Å². The van der Waals surface area contributed by atoms with Crippen LogP contribution in [-0.2, 0) is 16.0 Å². The summed E-state index contributed by atoms with van der Waals surface area (Å²) in [5, 5.41) is 1.04. The summed E-state index contributed by atoms with van der Waals surface area (Å²) in [4.78, 5) is 17.1. The van der Waals surface area contributed by atoms with E-state index < -0.39 is 0 Å². The summed E-state index contributed by atoms with van der Waals surface area (Å²) in [6.45, 7) is 4.21. The van der Waals surface area contributed by atoms with Gasteiger partial charge in [0.2, 0.25) is 0 Å². The molecule has 2 aromatic rings. The molecule has 0 bridgehead atoms. The lowest BCUT2D eigenvalue weighted by molar-refractivity contribution is -0.139.